The minimum atomic E-state index is -0.138. The molecular formula is C17H22ClN3O2S. The van der Waals surface area contributed by atoms with E-state index in [1.165, 1.54) is 0 Å². The number of nitrogens with one attached hydrogen (secondary N) is 1. The van der Waals surface area contributed by atoms with Crippen molar-refractivity contribution in [1.29, 1.82) is 0 Å². The van der Waals surface area contributed by atoms with Crippen LogP contribution in [0.4, 0.5) is 0 Å². The van der Waals surface area contributed by atoms with Gasteiger partial charge < -0.3 is 16.0 Å². The van der Waals surface area contributed by atoms with Crippen LogP contribution in [-0.4, -0.2) is 42.9 Å². The lowest BCUT2D eigenvalue weighted by Crippen LogP contribution is -2.46. The van der Waals surface area contributed by atoms with Crippen LogP contribution in [0, 0.1) is 5.92 Å². The predicted molar refractivity (Wildman–Crippen MR) is 99.8 cm³/mol. The molecule has 1 aliphatic heterocycles. The molecule has 3 rings (SSSR count). The molecule has 1 aliphatic rings. The lowest BCUT2D eigenvalue weighted by Gasteiger charge is -2.32. The smallest absolute Gasteiger partial charge is 0.254 e. The number of hydrogen-bond donors (Lipinski definition) is 2. The van der Waals surface area contributed by atoms with Crippen molar-refractivity contribution < 1.29 is 9.59 Å². The molecule has 1 fully saturated rings. The first-order valence-electron chi connectivity index (χ1n) is 7.94. The maximum Gasteiger partial charge on any atom is 0.254 e. The molecule has 5 nitrogen and oxygen atoms in total. The topological polar surface area (TPSA) is 75.4 Å². The molecule has 3 N–H and O–H groups in total. The van der Waals surface area contributed by atoms with Crippen molar-refractivity contribution >= 4 is 45.6 Å². The van der Waals surface area contributed by atoms with Gasteiger partial charge in [-0.05, 0) is 36.4 Å². The van der Waals surface area contributed by atoms with Gasteiger partial charge in [-0.15, -0.1) is 23.7 Å². The Bertz CT molecular complexity index is 719. The highest BCUT2D eigenvalue weighted by Gasteiger charge is 2.29. The van der Waals surface area contributed by atoms with Gasteiger partial charge in [0.15, 0.2) is 0 Å². The van der Waals surface area contributed by atoms with E-state index < -0.39 is 0 Å². The minimum absolute atomic E-state index is 0. The lowest BCUT2D eigenvalue weighted by molar-refractivity contribution is -0.126. The number of thiophene rings is 1. The zero-order chi connectivity index (χ0) is 16.2. The average Bonchev–Trinajstić information content (AvgIpc) is 3.07. The molecule has 0 unspecified atom stereocenters. The van der Waals surface area contributed by atoms with Crippen LogP contribution >= 0.6 is 23.7 Å². The monoisotopic (exact) mass is 367 g/mol. The van der Waals surface area contributed by atoms with Crippen LogP contribution in [0.1, 0.15) is 23.2 Å². The molecule has 0 radical (unpaired) electrons. The highest BCUT2D eigenvalue weighted by atomic mass is 35.5. The molecule has 1 aromatic carbocycles. The fourth-order valence-corrected chi connectivity index (χ4v) is 3.88. The van der Waals surface area contributed by atoms with Crippen molar-refractivity contribution in [2.24, 2.45) is 11.7 Å². The summed E-state index contributed by atoms with van der Waals surface area (Å²) in [6.07, 6.45) is 1.68. The zero-order valence-corrected chi connectivity index (χ0v) is 15.0. The molecule has 7 heteroatoms. The Hall–Kier alpha value is -1.63. The summed E-state index contributed by atoms with van der Waals surface area (Å²) in [4.78, 5) is 26.8. The normalized spacial score (nSPS) is 17.4. The van der Waals surface area contributed by atoms with Crippen molar-refractivity contribution in [2.75, 3.05) is 26.2 Å². The fourth-order valence-electron chi connectivity index (χ4n) is 3.07. The van der Waals surface area contributed by atoms with E-state index >= 15 is 0 Å². The highest BCUT2D eigenvalue weighted by Crippen LogP contribution is 2.26. The van der Waals surface area contributed by atoms with Gasteiger partial charge in [-0.1, -0.05) is 6.07 Å². The van der Waals surface area contributed by atoms with Crippen LogP contribution < -0.4 is 11.1 Å². The third-order valence-corrected chi connectivity index (χ3v) is 5.13. The average molecular weight is 368 g/mol. The number of carbonyl (C=O) groups excluding carboxylic acids is 2. The number of benzene rings is 1. The Morgan fingerprint density at radius 3 is 2.96 bits per heavy atom. The van der Waals surface area contributed by atoms with E-state index in [1.54, 1.807) is 11.3 Å². The number of amides is 2. The Kier molecular flexibility index (Phi) is 6.60. The van der Waals surface area contributed by atoms with Gasteiger partial charge in [0.25, 0.3) is 5.91 Å². The van der Waals surface area contributed by atoms with Crippen LogP contribution in [0.5, 0.6) is 0 Å². The van der Waals surface area contributed by atoms with Crippen LogP contribution in [0.2, 0.25) is 0 Å². The summed E-state index contributed by atoms with van der Waals surface area (Å²) in [5.41, 5.74) is 6.15. The first kappa shape index (κ1) is 18.7. The first-order chi connectivity index (χ1) is 11.2. The van der Waals surface area contributed by atoms with Crippen molar-refractivity contribution in [1.82, 2.24) is 10.2 Å². The zero-order valence-electron chi connectivity index (χ0n) is 13.4. The number of fused-ring (bicyclic) bond motifs is 1. The number of rotatable bonds is 4. The molecule has 2 aromatic rings. The maximum atomic E-state index is 12.9. The van der Waals surface area contributed by atoms with Crippen molar-refractivity contribution in [3.05, 3.63) is 35.2 Å². The van der Waals surface area contributed by atoms with Gasteiger partial charge in [-0.25, -0.2) is 0 Å². The van der Waals surface area contributed by atoms with Gasteiger partial charge in [0.1, 0.15) is 0 Å². The second-order valence-electron chi connectivity index (χ2n) is 5.81. The van der Waals surface area contributed by atoms with E-state index in [2.05, 4.69) is 5.32 Å². The summed E-state index contributed by atoms with van der Waals surface area (Å²) in [5.74, 6) is -0.118. The molecule has 0 aliphatic carbocycles. The Morgan fingerprint density at radius 1 is 1.33 bits per heavy atom. The number of nitrogens with two attached hydrogens (primary N) is 1. The van der Waals surface area contributed by atoms with Crippen molar-refractivity contribution in [2.45, 2.75) is 12.8 Å². The summed E-state index contributed by atoms with van der Waals surface area (Å²) in [6.45, 7) is 2.11. The summed E-state index contributed by atoms with van der Waals surface area (Å²) in [6, 6.07) is 7.80. The minimum Gasteiger partial charge on any atom is -0.355 e. The largest absolute Gasteiger partial charge is 0.355 e. The van der Waals surface area contributed by atoms with E-state index in [1.807, 2.05) is 34.5 Å². The molecule has 130 valence electrons. The molecule has 0 bridgehead atoms. The molecule has 1 saturated heterocycles. The Balaban J connectivity index is 0.00000208. The molecule has 1 aromatic heterocycles. The number of hydrogen-bond acceptors (Lipinski definition) is 4. The van der Waals surface area contributed by atoms with Crippen LogP contribution in [0.15, 0.2) is 29.6 Å². The summed E-state index contributed by atoms with van der Waals surface area (Å²) >= 11 is 1.63. The van der Waals surface area contributed by atoms with Gasteiger partial charge in [-0.2, -0.15) is 0 Å². The first-order valence-corrected chi connectivity index (χ1v) is 8.82. The van der Waals surface area contributed by atoms with Gasteiger partial charge in [0, 0.05) is 41.8 Å². The summed E-state index contributed by atoms with van der Waals surface area (Å²) < 4.78 is 1.12. The van der Waals surface area contributed by atoms with Gasteiger partial charge in [0.05, 0.1) is 5.92 Å². The molecule has 2 heterocycles. The number of halogens is 1. The van der Waals surface area contributed by atoms with Crippen molar-refractivity contribution in [3.63, 3.8) is 0 Å². The van der Waals surface area contributed by atoms with Gasteiger partial charge in [-0.3, -0.25) is 9.59 Å². The fraction of sp³-hybridized carbons (Fsp3) is 0.412. The van der Waals surface area contributed by atoms with Crippen LogP contribution in [-0.2, 0) is 4.79 Å². The molecule has 1 atom stereocenters. The van der Waals surface area contributed by atoms with E-state index in [-0.39, 0.29) is 30.1 Å². The highest BCUT2D eigenvalue weighted by molar-refractivity contribution is 7.17. The third kappa shape index (κ3) is 3.88. The molecular weight excluding hydrogens is 346 g/mol. The summed E-state index contributed by atoms with van der Waals surface area (Å²) in [7, 11) is 0. The molecule has 0 spiro atoms. The molecule has 24 heavy (non-hydrogen) atoms. The summed E-state index contributed by atoms with van der Waals surface area (Å²) in [5, 5.41) is 5.82. The SMILES string of the molecule is Cl.NCCNC(=O)[C@H]1CCCN(C(=O)c2cccc3sccc23)C1. The van der Waals surface area contributed by atoms with Gasteiger partial charge >= 0.3 is 0 Å². The van der Waals surface area contributed by atoms with E-state index in [0.29, 0.717) is 26.2 Å². The van der Waals surface area contributed by atoms with Crippen LogP contribution in [0.3, 0.4) is 0 Å². The standard InChI is InChI=1S/C17H21N3O2S.ClH/c18-7-8-19-16(21)12-3-2-9-20(11-12)17(22)14-4-1-5-15-13(14)6-10-23-15;/h1,4-6,10,12H,2-3,7-9,11,18H2,(H,19,21);1H/t12-;/m0./s1. The number of nitrogens with zero attached hydrogens (tertiary/aromatic N) is 1. The van der Waals surface area contributed by atoms with E-state index in [9.17, 15) is 9.59 Å². The predicted octanol–water partition coefficient (Wildman–Crippen LogP) is 2.25. The van der Waals surface area contributed by atoms with E-state index in [0.717, 1.165) is 28.5 Å². The second-order valence-corrected chi connectivity index (χ2v) is 6.76. The lowest BCUT2D eigenvalue weighted by atomic mass is 9.96. The van der Waals surface area contributed by atoms with Crippen LogP contribution in [0.25, 0.3) is 10.1 Å². The molecule has 0 saturated carbocycles. The Morgan fingerprint density at radius 2 is 2.17 bits per heavy atom. The van der Waals surface area contributed by atoms with Gasteiger partial charge in [0.2, 0.25) is 5.91 Å². The van der Waals surface area contributed by atoms with Crippen molar-refractivity contribution in [3.8, 4) is 0 Å². The number of likely N-dealkylation sites (tertiary alicyclic amines) is 1. The third-order valence-electron chi connectivity index (χ3n) is 4.25. The second kappa shape index (κ2) is 8.46. The number of piperidine rings is 1. The van der Waals surface area contributed by atoms with E-state index in [4.69, 9.17) is 5.73 Å². The Labute approximate surface area is 151 Å². The maximum absolute atomic E-state index is 12.9. The number of carbonyl (C=O) groups is 2. The quantitative estimate of drug-likeness (QED) is 0.870. The molecule has 2 amide bonds.